The molecule has 2 aromatic rings. The highest BCUT2D eigenvalue weighted by Crippen LogP contribution is 2.26. The van der Waals surface area contributed by atoms with Crippen LogP contribution in [-0.2, 0) is 6.54 Å². The Labute approximate surface area is 98.8 Å². The lowest BCUT2D eigenvalue weighted by Crippen LogP contribution is -2.00. The molecule has 2 aromatic carbocycles. The third-order valence-corrected chi connectivity index (χ3v) is 2.60. The first kappa shape index (κ1) is 11.3. The van der Waals surface area contributed by atoms with E-state index in [1.54, 1.807) is 6.07 Å². The normalized spacial score (nSPS) is 10.2. The second-order valence-corrected chi connectivity index (χ2v) is 3.67. The predicted octanol–water partition coefficient (Wildman–Crippen LogP) is 2.72. The van der Waals surface area contributed by atoms with Gasteiger partial charge in [0.2, 0.25) is 0 Å². The van der Waals surface area contributed by atoms with Crippen molar-refractivity contribution in [2.24, 2.45) is 5.73 Å². The smallest absolute Gasteiger partial charge is 0.269 e. The van der Waals surface area contributed by atoms with E-state index in [0.29, 0.717) is 0 Å². The average molecular weight is 228 g/mol. The van der Waals surface area contributed by atoms with Crippen molar-refractivity contribution in [2.45, 2.75) is 6.54 Å². The molecule has 17 heavy (non-hydrogen) atoms. The maximum atomic E-state index is 10.7. The Kier molecular flexibility index (Phi) is 3.16. The van der Waals surface area contributed by atoms with Crippen LogP contribution in [0.1, 0.15) is 5.56 Å². The molecule has 0 atom stereocenters. The standard InChI is InChI=1S/C13H12N2O2/c14-9-11-8-12(15(16)17)6-7-13(11)10-4-2-1-3-5-10/h1-8H,9,14H2. The molecule has 0 saturated heterocycles. The number of benzene rings is 2. The van der Waals surface area contributed by atoms with Crippen LogP contribution >= 0.6 is 0 Å². The molecule has 0 aliphatic carbocycles. The molecular formula is C13H12N2O2. The van der Waals surface area contributed by atoms with Gasteiger partial charge in [-0.2, -0.15) is 0 Å². The lowest BCUT2D eigenvalue weighted by atomic mass is 9.99. The number of nitrogens with two attached hydrogens (primary N) is 1. The topological polar surface area (TPSA) is 69.2 Å². The number of nitro groups is 1. The summed E-state index contributed by atoms with van der Waals surface area (Å²) in [6, 6.07) is 14.5. The molecule has 0 fully saturated rings. The molecule has 0 bridgehead atoms. The molecule has 0 aromatic heterocycles. The fraction of sp³-hybridized carbons (Fsp3) is 0.0769. The summed E-state index contributed by atoms with van der Waals surface area (Å²) in [5.74, 6) is 0. The van der Waals surface area contributed by atoms with Crippen molar-refractivity contribution >= 4 is 5.69 Å². The Morgan fingerprint density at radius 2 is 1.82 bits per heavy atom. The van der Waals surface area contributed by atoms with Gasteiger partial charge in [-0.3, -0.25) is 10.1 Å². The summed E-state index contributed by atoms with van der Waals surface area (Å²) in [6.45, 7) is 0.284. The molecule has 0 aliphatic heterocycles. The van der Waals surface area contributed by atoms with Crippen molar-refractivity contribution in [3.63, 3.8) is 0 Å². The second-order valence-electron chi connectivity index (χ2n) is 3.67. The van der Waals surface area contributed by atoms with Crippen LogP contribution in [0.5, 0.6) is 0 Å². The van der Waals surface area contributed by atoms with E-state index < -0.39 is 4.92 Å². The van der Waals surface area contributed by atoms with Crippen LogP contribution in [0.3, 0.4) is 0 Å². The van der Waals surface area contributed by atoms with Gasteiger partial charge in [-0.15, -0.1) is 0 Å². The van der Waals surface area contributed by atoms with Crippen LogP contribution in [-0.4, -0.2) is 4.92 Å². The Morgan fingerprint density at radius 3 is 2.41 bits per heavy atom. The molecule has 0 amide bonds. The predicted molar refractivity (Wildman–Crippen MR) is 66.4 cm³/mol. The molecule has 2 rings (SSSR count). The summed E-state index contributed by atoms with van der Waals surface area (Å²) in [7, 11) is 0. The molecule has 0 heterocycles. The van der Waals surface area contributed by atoms with E-state index >= 15 is 0 Å². The third-order valence-electron chi connectivity index (χ3n) is 2.60. The minimum atomic E-state index is -0.409. The lowest BCUT2D eigenvalue weighted by molar-refractivity contribution is -0.384. The van der Waals surface area contributed by atoms with Crippen LogP contribution in [0.15, 0.2) is 48.5 Å². The number of hydrogen-bond donors (Lipinski definition) is 1. The van der Waals surface area contributed by atoms with E-state index in [4.69, 9.17) is 5.73 Å². The van der Waals surface area contributed by atoms with Crippen LogP contribution in [0, 0.1) is 10.1 Å². The Morgan fingerprint density at radius 1 is 1.12 bits per heavy atom. The lowest BCUT2D eigenvalue weighted by Gasteiger charge is -2.07. The van der Waals surface area contributed by atoms with Gasteiger partial charge in [0.05, 0.1) is 4.92 Å². The zero-order chi connectivity index (χ0) is 12.3. The number of nitrogens with zero attached hydrogens (tertiary/aromatic N) is 1. The molecule has 0 aliphatic rings. The fourth-order valence-corrected chi connectivity index (χ4v) is 1.76. The maximum Gasteiger partial charge on any atom is 0.269 e. The number of non-ortho nitro benzene ring substituents is 1. The fourth-order valence-electron chi connectivity index (χ4n) is 1.76. The van der Waals surface area contributed by atoms with Gasteiger partial charge in [0, 0.05) is 18.7 Å². The molecule has 4 heteroatoms. The minimum Gasteiger partial charge on any atom is -0.326 e. The maximum absolute atomic E-state index is 10.7. The molecule has 0 saturated carbocycles. The van der Waals surface area contributed by atoms with Crippen molar-refractivity contribution in [1.82, 2.24) is 0 Å². The van der Waals surface area contributed by atoms with Crippen molar-refractivity contribution in [3.8, 4) is 11.1 Å². The zero-order valence-electron chi connectivity index (χ0n) is 9.17. The largest absolute Gasteiger partial charge is 0.326 e. The molecule has 0 spiro atoms. The monoisotopic (exact) mass is 228 g/mol. The average Bonchev–Trinajstić information content (AvgIpc) is 2.39. The van der Waals surface area contributed by atoms with Crippen LogP contribution in [0.4, 0.5) is 5.69 Å². The third kappa shape index (κ3) is 2.32. The minimum absolute atomic E-state index is 0.0742. The van der Waals surface area contributed by atoms with E-state index in [1.165, 1.54) is 12.1 Å². The van der Waals surface area contributed by atoms with Gasteiger partial charge in [0.15, 0.2) is 0 Å². The van der Waals surface area contributed by atoms with Gasteiger partial charge in [0.25, 0.3) is 5.69 Å². The van der Waals surface area contributed by atoms with Gasteiger partial charge in [0.1, 0.15) is 0 Å². The van der Waals surface area contributed by atoms with Gasteiger partial charge >= 0.3 is 0 Å². The van der Waals surface area contributed by atoms with Crippen LogP contribution in [0.2, 0.25) is 0 Å². The van der Waals surface area contributed by atoms with Gasteiger partial charge < -0.3 is 5.73 Å². The first-order chi connectivity index (χ1) is 8.22. The van der Waals surface area contributed by atoms with Crippen LogP contribution in [0.25, 0.3) is 11.1 Å². The highest BCUT2D eigenvalue weighted by molar-refractivity contribution is 5.68. The highest BCUT2D eigenvalue weighted by atomic mass is 16.6. The summed E-state index contributed by atoms with van der Waals surface area (Å²) in [5.41, 5.74) is 8.45. The summed E-state index contributed by atoms with van der Waals surface area (Å²) >= 11 is 0. The summed E-state index contributed by atoms with van der Waals surface area (Å²) in [5, 5.41) is 10.7. The molecule has 0 radical (unpaired) electrons. The van der Waals surface area contributed by atoms with E-state index in [1.807, 2.05) is 30.3 Å². The SMILES string of the molecule is NCc1cc([N+](=O)[O-])ccc1-c1ccccc1. The molecular weight excluding hydrogens is 216 g/mol. The van der Waals surface area contributed by atoms with E-state index in [0.717, 1.165) is 16.7 Å². The van der Waals surface area contributed by atoms with Crippen LogP contribution < -0.4 is 5.73 Å². The van der Waals surface area contributed by atoms with Gasteiger partial charge in [-0.1, -0.05) is 30.3 Å². The van der Waals surface area contributed by atoms with E-state index in [-0.39, 0.29) is 12.2 Å². The molecule has 86 valence electrons. The van der Waals surface area contributed by atoms with Crippen molar-refractivity contribution < 1.29 is 4.92 Å². The Balaban J connectivity index is 2.52. The summed E-state index contributed by atoms with van der Waals surface area (Å²) in [6.07, 6.45) is 0. The molecule has 0 unspecified atom stereocenters. The molecule has 4 nitrogen and oxygen atoms in total. The number of hydrogen-bond acceptors (Lipinski definition) is 3. The van der Waals surface area contributed by atoms with Crippen molar-refractivity contribution in [1.29, 1.82) is 0 Å². The summed E-state index contributed by atoms with van der Waals surface area (Å²) in [4.78, 5) is 10.3. The van der Waals surface area contributed by atoms with Gasteiger partial charge in [-0.05, 0) is 22.8 Å². The Hall–Kier alpha value is -2.20. The van der Waals surface area contributed by atoms with Gasteiger partial charge in [-0.25, -0.2) is 0 Å². The Bertz CT molecular complexity index is 538. The second kappa shape index (κ2) is 4.76. The zero-order valence-corrected chi connectivity index (χ0v) is 9.17. The van der Waals surface area contributed by atoms with Crippen molar-refractivity contribution in [2.75, 3.05) is 0 Å². The molecule has 2 N–H and O–H groups in total. The first-order valence-electron chi connectivity index (χ1n) is 5.25. The van der Waals surface area contributed by atoms with E-state index in [9.17, 15) is 10.1 Å². The highest BCUT2D eigenvalue weighted by Gasteiger charge is 2.10. The van der Waals surface area contributed by atoms with Crippen molar-refractivity contribution in [3.05, 3.63) is 64.2 Å². The number of nitro benzene ring substituents is 1. The quantitative estimate of drug-likeness (QED) is 0.648. The van der Waals surface area contributed by atoms with E-state index in [2.05, 4.69) is 0 Å². The first-order valence-corrected chi connectivity index (χ1v) is 5.25. The summed E-state index contributed by atoms with van der Waals surface area (Å²) < 4.78 is 0. The number of rotatable bonds is 3.